The number of piperidine rings is 1. The largest absolute Gasteiger partial charge is 0.381 e. The van der Waals surface area contributed by atoms with Gasteiger partial charge in [-0.2, -0.15) is 5.26 Å². The smallest absolute Gasteiger partial charge is 0.268 e. The molecule has 0 saturated carbocycles. The summed E-state index contributed by atoms with van der Waals surface area (Å²) in [6.45, 7) is 7.58. The summed E-state index contributed by atoms with van der Waals surface area (Å²) in [5, 5.41) is 10.2. The number of hydrogen-bond acceptors (Lipinski definition) is 5. The number of methoxy groups -OCH3 is 1. The third-order valence-electron chi connectivity index (χ3n) is 7.82. The van der Waals surface area contributed by atoms with E-state index in [4.69, 9.17) is 4.74 Å². The second-order valence-corrected chi connectivity index (χ2v) is 12.1. The molecule has 0 unspecified atom stereocenters. The fourth-order valence-corrected chi connectivity index (χ4v) is 7.10. The Kier molecular flexibility index (Phi) is 7.15. The van der Waals surface area contributed by atoms with Gasteiger partial charge in [0.15, 0.2) is 0 Å². The number of fused-ring (bicyclic) bond motifs is 1. The molecule has 0 bridgehead atoms. The van der Waals surface area contributed by atoms with Crippen LogP contribution in [0.25, 0.3) is 10.9 Å². The lowest BCUT2D eigenvalue weighted by molar-refractivity contribution is 0.00691. The summed E-state index contributed by atoms with van der Waals surface area (Å²) in [5.74, 6) is 0. The minimum Gasteiger partial charge on any atom is -0.381 e. The van der Waals surface area contributed by atoms with E-state index in [-0.39, 0.29) is 17.0 Å². The van der Waals surface area contributed by atoms with Crippen LogP contribution in [-0.2, 0) is 21.3 Å². The van der Waals surface area contributed by atoms with Crippen LogP contribution in [0.1, 0.15) is 52.3 Å². The van der Waals surface area contributed by atoms with Gasteiger partial charge in [0.1, 0.15) is 0 Å². The highest BCUT2D eigenvalue weighted by Gasteiger charge is 2.31. The number of aryl methyl sites for hydroxylation is 3. The molecular formula is C31H33N3O3S. The Balaban J connectivity index is 1.56. The summed E-state index contributed by atoms with van der Waals surface area (Å²) in [4.78, 5) is 2.74. The van der Waals surface area contributed by atoms with E-state index < -0.39 is 10.0 Å². The van der Waals surface area contributed by atoms with E-state index in [1.807, 2.05) is 56.3 Å². The fourth-order valence-electron chi connectivity index (χ4n) is 5.69. The average Bonchev–Trinajstić information content (AvgIpc) is 3.38. The van der Waals surface area contributed by atoms with E-state index in [0.29, 0.717) is 12.1 Å². The molecule has 1 aliphatic rings. The lowest BCUT2D eigenvalue weighted by atomic mass is 9.91. The van der Waals surface area contributed by atoms with Gasteiger partial charge >= 0.3 is 0 Å². The van der Waals surface area contributed by atoms with Gasteiger partial charge in [0.05, 0.1) is 28.1 Å². The maximum atomic E-state index is 13.6. The summed E-state index contributed by atoms with van der Waals surface area (Å²) >= 11 is 0. The lowest BCUT2D eigenvalue weighted by Gasteiger charge is -2.39. The van der Waals surface area contributed by atoms with E-state index >= 15 is 0 Å². The molecule has 196 valence electrons. The molecule has 1 saturated heterocycles. The molecule has 7 heteroatoms. The molecule has 6 nitrogen and oxygen atoms in total. The predicted molar refractivity (Wildman–Crippen MR) is 150 cm³/mol. The third-order valence-corrected chi connectivity index (χ3v) is 9.51. The number of aromatic nitrogens is 1. The molecule has 5 rings (SSSR count). The highest BCUT2D eigenvalue weighted by molar-refractivity contribution is 7.90. The number of benzene rings is 3. The van der Waals surface area contributed by atoms with Crippen LogP contribution < -0.4 is 0 Å². The van der Waals surface area contributed by atoms with Crippen LogP contribution >= 0.6 is 0 Å². The Morgan fingerprint density at radius 1 is 1.00 bits per heavy atom. The van der Waals surface area contributed by atoms with Crippen molar-refractivity contribution in [1.82, 2.24) is 8.87 Å². The van der Waals surface area contributed by atoms with Crippen molar-refractivity contribution in [2.45, 2.75) is 57.2 Å². The van der Waals surface area contributed by atoms with E-state index in [1.165, 1.54) is 3.97 Å². The SMILES string of the molecule is CO[C@@H]1CCN(Cc2c(C)cc(C)c3c2ccn3S(=O)(=O)c2ccc(C)cc2)[C@H](c2ccc(C#N)cc2)C1. The Morgan fingerprint density at radius 3 is 2.37 bits per heavy atom. The number of hydrogen-bond donors (Lipinski definition) is 0. The Bertz CT molecular complexity index is 1610. The molecule has 0 spiro atoms. The first-order valence-corrected chi connectivity index (χ1v) is 14.4. The van der Waals surface area contributed by atoms with Crippen molar-refractivity contribution in [3.05, 3.63) is 100 Å². The standard InChI is InChI=1S/C31H33N3O3S/c1-21-5-11-27(12-6-21)38(35,36)34-16-14-28-29(22(2)17-23(3)31(28)34)20-33-15-13-26(37-4)18-30(33)25-9-7-24(19-32)8-10-25/h5-12,14,16-17,26,30H,13,15,18,20H2,1-4H3/t26-,30+/m1/s1. The minimum atomic E-state index is -3.74. The van der Waals surface area contributed by atoms with E-state index in [1.54, 1.807) is 25.4 Å². The van der Waals surface area contributed by atoms with Crippen LogP contribution in [-0.4, -0.2) is 37.0 Å². The Morgan fingerprint density at radius 2 is 1.71 bits per heavy atom. The molecule has 2 atom stereocenters. The van der Waals surface area contributed by atoms with E-state index in [2.05, 4.69) is 24.0 Å². The Hall–Kier alpha value is -3.44. The van der Waals surface area contributed by atoms with Crippen molar-refractivity contribution in [3.8, 4) is 6.07 Å². The lowest BCUT2D eigenvalue weighted by Crippen LogP contribution is -2.39. The van der Waals surface area contributed by atoms with Crippen molar-refractivity contribution < 1.29 is 13.2 Å². The zero-order chi connectivity index (χ0) is 27.0. The zero-order valence-electron chi connectivity index (χ0n) is 22.3. The molecule has 0 N–H and O–H groups in total. The quantitative estimate of drug-likeness (QED) is 0.306. The van der Waals surface area contributed by atoms with Crippen LogP contribution in [0.15, 0.2) is 71.8 Å². The molecule has 3 aromatic carbocycles. The van der Waals surface area contributed by atoms with E-state index in [9.17, 15) is 13.7 Å². The van der Waals surface area contributed by atoms with Gasteiger partial charge < -0.3 is 4.74 Å². The molecule has 0 radical (unpaired) electrons. The number of ether oxygens (including phenoxy) is 1. The van der Waals surface area contributed by atoms with Crippen molar-refractivity contribution >= 4 is 20.9 Å². The average molecular weight is 528 g/mol. The predicted octanol–water partition coefficient (Wildman–Crippen LogP) is 6.03. The first kappa shape index (κ1) is 26.2. The van der Waals surface area contributed by atoms with Crippen molar-refractivity contribution in [1.29, 1.82) is 5.26 Å². The van der Waals surface area contributed by atoms with Crippen molar-refractivity contribution in [3.63, 3.8) is 0 Å². The first-order chi connectivity index (χ1) is 18.2. The van der Waals surface area contributed by atoms with Crippen LogP contribution in [0, 0.1) is 32.1 Å². The van der Waals surface area contributed by atoms with Crippen molar-refractivity contribution in [2.24, 2.45) is 0 Å². The second-order valence-electron chi connectivity index (χ2n) is 10.3. The highest BCUT2D eigenvalue weighted by atomic mass is 32.2. The molecule has 1 aromatic heterocycles. The van der Waals surface area contributed by atoms with Gasteiger partial charge in [0, 0.05) is 37.8 Å². The van der Waals surface area contributed by atoms with Gasteiger partial charge in [-0.15, -0.1) is 0 Å². The van der Waals surface area contributed by atoms with Crippen LogP contribution in [0.3, 0.4) is 0 Å². The summed E-state index contributed by atoms with van der Waals surface area (Å²) < 4.78 is 34.4. The molecule has 4 aromatic rings. The van der Waals surface area contributed by atoms with Crippen LogP contribution in [0.5, 0.6) is 0 Å². The molecule has 1 fully saturated rings. The molecule has 38 heavy (non-hydrogen) atoms. The highest BCUT2D eigenvalue weighted by Crippen LogP contribution is 2.37. The molecule has 0 aliphatic carbocycles. The number of nitrogens with zero attached hydrogens (tertiary/aromatic N) is 3. The maximum Gasteiger partial charge on any atom is 0.268 e. The summed E-state index contributed by atoms with van der Waals surface area (Å²) in [6.07, 6.45) is 3.65. The summed E-state index contributed by atoms with van der Waals surface area (Å²) in [6, 6.07) is 21.2. The number of likely N-dealkylation sites (tertiary alicyclic amines) is 1. The van der Waals surface area contributed by atoms with Gasteiger partial charge in [0.25, 0.3) is 10.0 Å². The molecule has 2 heterocycles. The minimum absolute atomic E-state index is 0.135. The van der Waals surface area contributed by atoms with Crippen molar-refractivity contribution in [2.75, 3.05) is 13.7 Å². The molecular weight excluding hydrogens is 494 g/mol. The Labute approximate surface area is 225 Å². The third kappa shape index (κ3) is 4.76. The van der Waals surface area contributed by atoms with Crippen LogP contribution in [0.4, 0.5) is 0 Å². The first-order valence-electron chi connectivity index (χ1n) is 12.9. The zero-order valence-corrected chi connectivity index (χ0v) is 23.1. The normalized spacial score (nSPS) is 18.5. The summed E-state index contributed by atoms with van der Waals surface area (Å²) in [7, 11) is -1.97. The van der Waals surface area contributed by atoms with Gasteiger partial charge in [0.2, 0.25) is 0 Å². The monoisotopic (exact) mass is 527 g/mol. The van der Waals surface area contributed by atoms with E-state index in [0.717, 1.165) is 58.1 Å². The topological polar surface area (TPSA) is 75.3 Å². The van der Waals surface area contributed by atoms with Gasteiger partial charge in [-0.1, -0.05) is 35.9 Å². The maximum absolute atomic E-state index is 13.6. The van der Waals surface area contributed by atoms with Crippen LogP contribution in [0.2, 0.25) is 0 Å². The molecule has 1 aliphatic heterocycles. The summed E-state index contributed by atoms with van der Waals surface area (Å²) in [5.41, 5.74) is 6.77. The fraction of sp³-hybridized carbons (Fsp3) is 0.323. The number of nitriles is 1. The van der Waals surface area contributed by atoms with Gasteiger partial charge in [-0.25, -0.2) is 12.4 Å². The molecule has 0 amide bonds. The number of rotatable bonds is 6. The van der Waals surface area contributed by atoms with Gasteiger partial charge in [-0.05, 0) is 86.2 Å². The van der Waals surface area contributed by atoms with Gasteiger partial charge in [-0.3, -0.25) is 4.90 Å². The second kappa shape index (κ2) is 10.4.